The molecule has 5 heteroatoms. The van der Waals surface area contributed by atoms with E-state index in [1.807, 2.05) is 12.1 Å². The molecule has 2 aliphatic rings. The minimum absolute atomic E-state index is 0.102. The number of hydrogen-bond donors (Lipinski definition) is 1. The fourth-order valence-electron chi connectivity index (χ4n) is 4.43. The van der Waals surface area contributed by atoms with Crippen molar-refractivity contribution in [2.24, 2.45) is 5.92 Å². The number of Topliss-reactive ketones (excluding diaryl/α,β-unsaturated/α-hetero) is 1. The van der Waals surface area contributed by atoms with Gasteiger partial charge in [0.15, 0.2) is 11.5 Å². The van der Waals surface area contributed by atoms with Crippen molar-refractivity contribution in [1.29, 1.82) is 0 Å². The van der Waals surface area contributed by atoms with E-state index in [1.165, 1.54) is 5.56 Å². The summed E-state index contributed by atoms with van der Waals surface area (Å²) in [6.45, 7) is 7.31. The Hall–Kier alpha value is -1.59. The fraction of sp³-hybridized carbons (Fsp3) is 0.650. The van der Waals surface area contributed by atoms with E-state index in [4.69, 9.17) is 9.47 Å². The van der Waals surface area contributed by atoms with Crippen LogP contribution >= 0.6 is 0 Å². The third-order valence-corrected chi connectivity index (χ3v) is 5.70. The molecular formula is C20H29NO4. The first-order valence-corrected chi connectivity index (χ1v) is 8.93. The van der Waals surface area contributed by atoms with Crippen LogP contribution in [-0.2, 0) is 16.8 Å². The number of fused-ring (bicyclic) bond motifs is 3. The monoisotopic (exact) mass is 347 g/mol. The quantitative estimate of drug-likeness (QED) is 0.907. The molecule has 0 saturated carbocycles. The molecule has 25 heavy (non-hydrogen) atoms. The van der Waals surface area contributed by atoms with E-state index in [1.54, 1.807) is 28.1 Å². The molecule has 0 spiro atoms. The molecule has 138 valence electrons. The summed E-state index contributed by atoms with van der Waals surface area (Å²) in [5, 5.41) is 10.1. The van der Waals surface area contributed by atoms with Crippen LogP contribution in [0.4, 0.5) is 0 Å². The van der Waals surface area contributed by atoms with E-state index in [9.17, 15) is 9.90 Å². The lowest BCUT2D eigenvalue weighted by Crippen LogP contribution is -2.57. The van der Waals surface area contributed by atoms with Crippen LogP contribution in [0.5, 0.6) is 11.5 Å². The number of hydrogen-bond acceptors (Lipinski definition) is 5. The summed E-state index contributed by atoms with van der Waals surface area (Å²) in [6.07, 6.45) is 1.90. The van der Waals surface area contributed by atoms with Gasteiger partial charge in [-0.3, -0.25) is 9.69 Å². The first-order chi connectivity index (χ1) is 11.7. The Kier molecular flexibility index (Phi) is 4.58. The topological polar surface area (TPSA) is 59.0 Å². The minimum atomic E-state index is -0.821. The van der Waals surface area contributed by atoms with Crippen molar-refractivity contribution in [3.63, 3.8) is 0 Å². The molecule has 1 aromatic carbocycles. The number of nitrogens with zero attached hydrogens (tertiary/aromatic N) is 1. The largest absolute Gasteiger partial charge is 0.493 e. The molecule has 2 atom stereocenters. The van der Waals surface area contributed by atoms with Gasteiger partial charge in [0, 0.05) is 25.4 Å². The van der Waals surface area contributed by atoms with Crippen LogP contribution in [0.1, 0.15) is 44.7 Å². The maximum absolute atomic E-state index is 12.8. The zero-order chi connectivity index (χ0) is 18.4. The Balaban J connectivity index is 1.96. The molecule has 0 aromatic heterocycles. The summed E-state index contributed by atoms with van der Waals surface area (Å²) >= 11 is 0. The average molecular weight is 347 g/mol. The maximum Gasteiger partial charge on any atom is 0.161 e. The predicted molar refractivity (Wildman–Crippen MR) is 96.2 cm³/mol. The Bertz CT molecular complexity index is 679. The van der Waals surface area contributed by atoms with Crippen molar-refractivity contribution in [2.45, 2.75) is 51.2 Å². The van der Waals surface area contributed by atoms with Gasteiger partial charge in [0.2, 0.25) is 0 Å². The van der Waals surface area contributed by atoms with E-state index in [0.717, 1.165) is 24.3 Å². The molecule has 1 aromatic rings. The molecule has 0 amide bonds. The second-order valence-electron chi connectivity index (χ2n) is 8.19. The highest BCUT2D eigenvalue weighted by atomic mass is 16.5. The lowest BCUT2D eigenvalue weighted by molar-refractivity contribution is -0.135. The zero-order valence-electron chi connectivity index (χ0n) is 15.9. The molecule has 0 bridgehead atoms. The Morgan fingerprint density at radius 3 is 2.52 bits per heavy atom. The molecule has 1 N–H and O–H groups in total. The van der Waals surface area contributed by atoms with E-state index in [0.29, 0.717) is 25.1 Å². The van der Waals surface area contributed by atoms with Crippen molar-refractivity contribution in [1.82, 2.24) is 4.90 Å². The summed E-state index contributed by atoms with van der Waals surface area (Å²) in [5.74, 6) is 1.58. The highest BCUT2D eigenvalue weighted by Crippen LogP contribution is 2.46. The second-order valence-corrected chi connectivity index (χ2v) is 8.19. The SMILES string of the molecule is COc1cc2c(cc1OC)[C@]1(C)CC(=O)C(CC(C)(C)O)CN1CC2. The number of ether oxygens (including phenoxy) is 2. The molecule has 3 rings (SSSR count). The highest BCUT2D eigenvalue weighted by molar-refractivity contribution is 5.84. The molecule has 0 radical (unpaired) electrons. The third-order valence-electron chi connectivity index (χ3n) is 5.70. The Morgan fingerprint density at radius 1 is 1.28 bits per heavy atom. The molecular weight excluding hydrogens is 318 g/mol. The standard InChI is InChI=1S/C20H29NO4/c1-19(2,23)10-14-12-21-7-6-13-8-17(24-4)18(25-5)9-15(13)20(21,3)11-16(14)22/h8-9,14,23H,6-7,10-12H2,1-5H3/t14?,20-/m0/s1. The van der Waals surface area contributed by atoms with Crippen LogP contribution in [0, 0.1) is 5.92 Å². The van der Waals surface area contributed by atoms with E-state index in [2.05, 4.69) is 11.8 Å². The van der Waals surface area contributed by atoms with Crippen molar-refractivity contribution in [3.8, 4) is 11.5 Å². The number of piperidine rings is 1. The number of carbonyl (C=O) groups excluding carboxylic acids is 1. The van der Waals surface area contributed by atoms with Gasteiger partial charge in [0.05, 0.1) is 25.4 Å². The number of carbonyl (C=O) groups is 1. The van der Waals surface area contributed by atoms with Crippen molar-refractivity contribution < 1.29 is 19.4 Å². The maximum atomic E-state index is 12.8. The van der Waals surface area contributed by atoms with Crippen LogP contribution < -0.4 is 9.47 Å². The van der Waals surface area contributed by atoms with Crippen LogP contribution in [0.2, 0.25) is 0 Å². The lowest BCUT2D eigenvalue weighted by Gasteiger charge is -2.51. The fourth-order valence-corrected chi connectivity index (χ4v) is 4.43. The van der Waals surface area contributed by atoms with Gasteiger partial charge in [-0.25, -0.2) is 0 Å². The third kappa shape index (κ3) is 3.27. The Morgan fingerprint density at radius 2 is 1.92 bits per heavy atom. The van der Waals surface area contributed by atoms with Crippen LogP contribution in [0.3, 0.4) is 0 Å². The van der Waals surface area contributed by atoms with Gasteiger partial charge in [0.25, 0.3) is 0 Å². The molecule has 1 unspecified atom stereocenters. The first-order valence-electron chi connectivity index (χ1n) is 8.93. The summed E-state index contributed by atoms with van der Waals surface area (Å²) in [6, 6.07) is 4.08. The summed E-state index contributed by atoms with van der Waals surface area (Å²) in [5.41, 5.74) is 1.25. The second kappa shape index (κ2) is 6.29. The highest BCUT2D eigenvalue weighted by Gasteiger charge is 2.47. The average Bonchev–Trinajstić information content (AvgIpc) is 2.53. The molecule has 5 nitrogen and oxygen atoms in total. The van der Waals surface area contributed by atoms with Gasteiger partial charge in [-0.1, -0.05) is 0 Å². The number of rotatable bonds is 4. The van der Waals surface area contributed by atoms with Gasteiger partial charge in [-0.2, -0.15) is 0 Å². The first kappa shape index (κ1) is 18.2. The van der Waals surface area contributed by atoms with Crippen LogP contribution in [-0.4, -0.2) is 48.7 Å². The summed E-state index contributed by atoms with van der Waals surface area (Å²) in [7, 11) is 3.28. The molecule has 2 heterocycles. The molecule has 2 aliphatic heterocycles. The van der Waals surface area contributed by atoms with Gasteiger partial charge < -0.3 is 14.6 Å². The van der Waals surface area contributed by atoms with Gasteiger partial charge in [-0.05, 0) is 56.9 Å². The van der Waals surface area contributed by atoms with Gasteiger partial charge in [-0.15, -0.1) is 0 Å². The van der Waals surface area contributed by atoms with Crippen molar-refractivity contribution in [3.05, 3.63) is 23.3 Å². The van der Waals surface area contributed by atoms with E-state index >= 15 is 0 Å². The lowest BCUT2D eigenvalue weighted by atomic mass is 9.72. The normalized spacial score (nSPS) is 26.8. The zero-order valence-corrected chi connectivity index (χ0v) is 15.9. The van der Waals surface area contributed by atoms with Crippen LogP contribution in [0.25, 0.3) is 0 Å². The number of methoxy groups -OCH3 is 2. The smallest absolute Gasteiger partial charge is 0.161 e. The van der Waals surface area contributed by atoms with Gasteiger partial charge >= 0.3 is 0 Å². The summed E-state index contributed by atoms with van der Waals surface area (Å²) in [4.78, 5) is 15.2. The molecule has 1 saturated heterocycles. The van der Waals surface area contributed by atoms with Gasteiger partial charge in [0.1, 0.15) is 5.78 Å². The number of aliphatic hydroxyl groups is 1. The predicted octanol–water partition coefficient (Wildman–Crippen LogP) is 2.53. The summed E-state index contributed by atoms with van der Waals surface area (Å²) < 4.78 is 10.9. The van der Waals surface area contributed by atoms with E-state index in [-0.39, 0.29) is 17.2 Å². The van der Waals surface area contributed by atoms with Crippen molar-refractivity contribution in [2.75, 3.05) is 27.3 Å². The molecule has 0 aliphatic carbocycles. The van der Waals surface area contributed by atoms with Crippen molar-refractivity contribution >= 4 is 5.78 Å². The number of benzene rings is 1. The Labute approximate surface area is 149 Å². The van der Waals surface area contributed by atoms with Crippen LogP contribution in [0.15, 0.2) is 12.1 Å². The minimum Gasteiger partial charge on any atom is -0.493 e. The van der Waals surface area contributed by atoms with E-state index < -0.39 is 5.60 Å². The molecule has 1 fully saturated rings. The number of ketones is 1.